The lowest BCUT2D eigenvalue weighted by Crippen LogP contribution is -2.38. The zero-order valence-corrected chi connectivity index (χ0v) is 23.1. The van der Waals surface area contributed by atoms with Crippen molar-refractivity contribution >= 4 is 23.5 Å². The molecule has 2 heterocycles. The third-order valence-electron chi connectivity index (χ3n) is 6.70. The Labute approximate surface area is 237 Å². The standard InChI is InChI=1S/C29H32N6O4S/c1-3-30-28(37)31-23-9-7-8-22(16-23)27-38-25(19(2)26(39-27)21-14-12-20(17-36)13-15-21)18-40-29-32-33-34-35(29)24-10-5-4-6-11-24/h4-16,19,25-27,36H,3,17-18H2,1-2H3,(H2,30,31,37). The fourth-order valence-corrected chi connectivity index (χ4v) is 5.62. The lowest BCUT2D eigenvalue weighted by Gasteiger charge is -2.41. The minimum Gasteiger partial charge on any atom is -0.392 e. The Balaban J connectivity index is 1.39. The molecular weight excluding hydrogens is 528 g/mol. The number of hydrogen-bond acceptors (Lipinski definition) is 8. The van der Waals surface area contributed by atoms with E-state index in [1.54, 1.807) is 4.68 Å². The number of aromatic nitrogens is 4. The number of carbonyl (C=O) groups is 1. The van der Waals surface area contributed by atoms with Crippen molar-refractivity contribution in [3.63, 3.8) is 0 Å². The van der Waals surface area contributed by atoms with E-state index >= 15 is 0 Å². The zero-order chi connectivity index (χ0) is 27.9. The summed E-state index contributed by atoms with van der Waals surface area (Å²) in [6.45, 7) is 4.49. The molecule has 1 aromatic heterocycles. The number of amides is 2. The smallest absolute Gasteiger partial charge is 0.319 e. The highest BCUT2D eigenvalue weighted by molar-refractivity contribution is 7.99. The van der Waals surface area contributed by atoms with Crippen LogP contribution in [-0.4, -0.2) is 49.7 Å². The van der Waals surface area contributed by atoms with Crippen molar-refractivity contribution in [1.82, 2.24) is 25.5 Å². The van der Waals surface area contributed by atoms with Crippen LogP contribution in [0.5, 0.6) is 0 Å². The number of benzene rings is 3. The van der Waals surface area contributed by atoms with Gasteiger partial charge < -0.3 is 25.2 Å². The van der Waals surface area contributed by atoms with E-state index in [-0.39, 0.29) is 30.8 Å². The second-order valence-corrected chi connectivity index (χ2v) is 10.4. The molecule has 4 unspecified atom stereocenters. The molecule has 1 aliphatic rings. The van der Waals surface area contributed by atoms with Gasteiger partial charge in [0.25, 0.3) is 0 Å². The summed E-state index contributed by atoms with van der Waals surface area (Å²) in [6, 6.07) is 24.8. The van der Waals surface area contributed by atoms with Crippen LogP contribution in [0.4, 0.5) is 10.5 Å². The third-order valence-corrected chi connectivity index (χ3v) is 7.70. The van der Waals surface area contributed by atoms with Gasteiger partial charge in [0.05, 0.1) is 24.5 Å². The molecule has 3 aromatic carbocycles. The summed E-state index contributed by atoms with van der Waals surface area (Å²) < 4.78 is 14.8. The Hall–Kier alpha value is -3.77. The van der Waals surface area contributed by atoms with Gasteiger partial charge in [0, 0.05) is 29.5 Å². The van der Waals surface area contributed by atoms with E-state index in [1.165, 1.54) is 11.8 Å². The largest absolute Gasteiger partial charge is 0.392 e. The predicted molar refractivity (Wildman–Crippen MR) is 152 cm³/mol. The maximum Gasteiger partial charge on any atom is 0.319 e. The molecule has 1 fully saturated rings. The number of aliphatic hydroxyl groups excluding tert-OH is 1. The average Bonchev–Trinajstić information content (AvgIpc) is 3.46. The average molecular weight is 561 g/mol. The topological polar surface area (TPSA) is 123 Å². The van der Waals surface area contributed by atoms with Crippen molar-refractivity contribution < 1.29 is 19.4 Å². The Bertz CT molecular complexity index is 1400. The van der Waals surface area contributed by atoms with E-state index < -0.39 is 6.29 Å². The first kappa shape index (κ1) is 27.8. The molecule has 40 heavy (non-hydrogen) atoms. The van der Waals surface area contributed by atoms with Gasteiger partial charge in [-0.2, -0.15) is 4.68 Å². The number of carbonyl (C=O) groups excluding carboxylic acids is 1. The van der Waals surface area contributed by atoms with Gasteiger partial charge in [-0.05, 0) is 52.7 Å². The number of thioether (sulfide) groups is 1. The van der Waals surface area contributed by atoms with Crippen LogP contribution in [0.1, 0.15) is 42.9 Å². The third kappa shape index (κ3) is 6.50. The van der Waals surface area contributed by atoms with Crippen LogP contribution >= 0.6 is 11.8 Å². The van der Waals surface area contributed by atoms with Crippen LogP contribution in [0, 0.1) is 5.92 Å². The minimum atomic E-state index is -0.662. The van der Waals surface area contributed by atoms with Crippen LogP contribution < -0.4 is 10.6 Å². The highest BCUT2D eigenvalue weighted by Gasteiger charge is 2.38. The summed E-state index contributed by atoms with van der Waals surface area (Å²) in [7, 11) is 0. The molecule has 10 nitrogen and oxygen atoms in total. The van der Waals surface area contributed by atoms with E-state index in [4.69, 9.17) is 9.47 Å². The Morgan fingerprint density at radius 3 is 2.58 bits per heavy atom. The van der Waals surface area contributed by atoms with E-state index in [1.807, 2.05) is 85.8 Å². The van der Waals surface area contributed by atoms with Crippen molar-refractivity contribution in [3.05, 3.63) is 95.6 Å². The second kappa shape index (κ2) is 13.1. The Morgan fingerprint density at radius 1 is 1.02 bits per heavy atom. The van der Waals surface area contributed by atoms with Crippen molar-refractivity contribution in [2.24, 2.45) is 5.92 Å². The summed E-state index contributed by atoms with van der Waals surface area (Å²) in [4.78, 5) is 12.1. The van der Waals surface area contributed by atoms with Gasteiger partial charge >= 0.3 is 6.03 Å². The molecule has 4 aromatic rings. The lowest BCUT2D eigenvalue weighted by molar-refractivity contribution is -0.268. The SMILES string of the molecule is CCNC(=O)Nc1cccc(C2OC(CSc3nnnn3-c3ccccc3)C(C)C(c3ccc(CO)cc3)O2)c1. The Morgan fingerprint density at radius 2 is 1.82 bits per heavy atom. The molecule has 0 spiro atoms. The van der Waals surface area contributed by atoms with Gasteiger partial charge in [-0.15, -0.1) is 5.10 Å². The maximum absolute atomic E-state index is 12.1. The fourth-order valence-electron chi connectivity index (χ4n) is 4.57. The van der Waals surface area contributed by atoms with Crippen molar-refractivity contribution in [1.29, 1.82) is 0 Å². The molecule has 1 aliphatic heterocycles. The predicted octanol–water partition coefficient (Wildman–Crippen LogP) is 4.88. The van der Waals surface area contributed by atoms with Gasteiger partial charge in [0.15, 0.2) is 6.29 Å². The first-order valence-corrected chi connectivity index (χ1v) is 14.2. The number of rotatable bonds is 9. The van der Waals surface area contributed by atoms with Gasteiger partial charge in [-0.1, -0.05) is 73.3 Å². The number of nitrogens with zero attached hydrogens (tertiary/aromatic N) is 4. The lowest BCUT2D eigenvalue weighted by atomic mass is 9.91. The summed E-state index contributed by atoms with van der Waals surface area (Å²) in [6.07, 6.45) is -1.13. The van der Waals surface area contributed by atoms with Gasteiger partial charge in [-0.25, -0.2) is 4.79 Å². The molecule has 0 aliphatic carbocycles. The molecule has 1 saturated heterocycles. The van der Waals surface area contributed by atoms with Gasteiger partial charge in [0.2, 0.25) is 5.16 Å². The molecule has 0 saturated carbocycles. The van der Waals surface area contributed by atoms with Crippen LogP contribution in [0.3, 0.4) is 0 Å². The molecular formula is C29H32N6O4S. The van der Waals surface area contributed by atoms with E-state index in [2.05, 4.69) is 33.1 Å². The van der Waals surface area contributed by atoms with Crippen molar-refractivity contribution in [2.75, 3.05) is 17.6 Å². The molecule has 11 heteroatoms. The first-order valence-electron chi connectivity index (χ1n) is 13.2. The summed E-state index contributed by atoms with van der Waals surface area (Å²) in [5.74, 6) is 0.595. The number of hydrogen-bond donors (Lipinski definition) is 3. The fraction of sp³-hybridized carbons (Fsp3) is 0.310. The van der Waals surface area contributed by atoms with Crippen LogP contribution in [0.2, 0.25) is 0 Å². The number of tetrazole rings is 1. The van der Waals surface area contributed by atoms with Crippen molar-refractivity contribution in [3.8, 4) is 5.69 Å². The van der Waals surface area contributed by atoms with E-state index in [0.717, 1.165) is 22.4 Å². The maximum atomic E-state index is 12.1. The molecule has 0 bridgehead atoms. The molecule has 2 amide bonds. The summed E-state index contributed by atoms with van der Waals surface area (Å²) in [5, 5.41) is 28.1. The number of urea groups is 1. The second-order valence-electron chi connectivity index (χ2n) is 9.45. The first-order chi connectivity index (χ1) is 19.6. The molecule has 208 valence electrons. The number of anilines is 1. The van der Waals surface area contributed by atoms with Gasteiger partial charge in [-0.3, -0.25) is 0 Å². The Kier molecular flexibility index (Phi) is 9.07. The highest BCUT2D eigenvalue weighted by atomic mass is 32.2. The number of nitrogens with one attached hydrogen (secondary N) is 2. The van der Waals surface area contributed by atoms with E-state index in [9.17, 15) is 9.90 Å². The number of aliphatic hydroxyl groups is 1. The summed E-state index contributed by atoms with van der Waals surface area (Å²) in [5.41, 5.74) is 4.16. The molecule has 5 rings (SSSR count). The molecule has 4 atom stereocenters. The highest BCUT2D eigenvalue weighted by Crippen LogP contribution is 2.43. The van der Waals surface area contributed by atoms with Crippen LogP contribution in [0.15, 0.2) is 84.0 Å². The minimum absolute atomic E-state index is 0.00132. The quantitative estimate of drug-likeness (QED) is 0.248. The van der Waals surface area contributed by atoms with Gasteiger partial charge in [0.1, 0.15) is 0 Å². The molecule has 3 N–H and O–H groups in total. The van der Waals surface area contributed by atoms with Crippen molar-refractivity contribution in [2.45, 2.75) is 44.1 Å². The molecule has 0 radical (unpaired) electrons. The number of para-hydroxylation sites is 1. The van der Waals surface area contributed by atoms with Crippen LogP contribution in [-0.2, 0) is 16.1 Å². The van der Waals surface area contributed by atoms with Crippen LogP contribution in [0.25, 0.3) is 5.69 Å². The summed E-state index contributed by atoms with van der Waals surface area (Å²) >= 11 is 1.52. The number of ether oxygens (including phenoxy) is 2. The zero-order valence-electron chi connectivity index (χ0n) is 22.3. The van der Waals surface area contributed by atoms with E-state index in [0.29, 0.717) is 23.1 Å². The monoisotopic (exact) mass is 560 g/mol. The normalized spacial score (nSPS) is 20.7.